The first kappa shape index (κ1) is 8.87. The molecule has 2 N–H and O–H groups in total. The Morgan fingerprint density at radius 1 is 1.42 bits per heavy atom. The summed E-state index contributed by atoms with van der Waals surface area (Å²) in [5.41, 5.74) is 0.700. The number of rotatable bonds is 3. The summed E-state index contributed by atoms with van der Waals surface area (Å²) in [7, 11) is 0. The zero-order valence-electron chi connectivity index (χ0n) is 6.95. The second-order valence-electron chi connectivity index (χ2n) is 2.47. The van der Waals surface area contributed by atoms with E-state index in [-0.39, 0.29) is 19.0 Å². The number of phenolic OH excluding ortho intramolecular Hbond substituents is 1. The maximum atomic E-state index is 9.26. The van der Waals surface area contributed by atoms with E-state index in [1.54, 1.807) is 25.1 Å². The van der Waals surface area contributed by atoms with Gasteiger partial charge in [-0.1, -0.05) is 6.07 Å². The van der Waals surface area contributed by atoms with Crippen molar-refractivity contribution in [2.45, 2.75) is 6.92 Å². The molecule has 0 aromatic heterocycles. The first-order valence-corrected chi connectivity index (χ1v) is 3.78. The Bertz CT molecular complexity index is 258. The minimum Gasteiger partial charge on any atom is -0.508 e. The van der Waals surface area contributed by atoms with Crippen molar-refractivity contribution < 1.29 is 14.9 Å². The first-order valence-electron chi connectivity index (χ1n) is 3.78. The average molecular weight is 168 g/mol. The normalized spacial score (nSPS) is 9.83. The van der Waals surface area contributed by atoms with E-state index in [9.17, 15) is 5.11 Å². The smallest absolute Gasteiger partial charge is 0.126 e. The third kappa shape index (κ3) is 1.89. The molecule has 1 rings (SSSR count). The monoisotopic (exact) mass is 168 g/mol. The van der Waals surface area contributed by atoms with Gasteiger partial charge in [-0.05, 0) is 19.1 Å². The van der Waals surface area contributed by atoms with Gasteiger partial charge in [-0.25, -0.2) is 0 Å². The molecule has 0 aliphatic rings. The van der Waals surface area contributed by atoms with Crippen LogP contribution in [0.2, 0.25) is 0 Å². The Hall–Kier alpha value is -1.22. The summed E-state index contributed by atoms with van der Waals surface area (Å²) in [6.45, 7) is 2.00. The van der Waals surface area contributed by atoms with Crippen LogP contribution in [0.25, 0.3) is 0 Å². The minimum absolute atomic E-state index is 0.0188. The van der Waals surface area contributed by atoms with Crippen LogP contribution in [-0.2, 0) is 0 Å². The Balaban J connectivity index is 2.78. The summed E-state index contributed by atoms with van der Waals surface area (Å²) in [6, 6.07) is 5.06. The van der Waals surface area contributed by atoms with Gasteiger partial charge in [0, 0.05) is 5.56 Å². The number of benzene rings is 1. The van der Waals surface area contributed by atoms with Gasteiger partial charge in [-0.2, -0.15) is 0 Å². The number of aliphatic hydroxyl groups is 1. The van der Waals surface area contributed by atoms with Crippen LogP contribution in [0.1, 0.15) is 5.56 Å². The number of aromatic hydroxyl groups is 1. The average Bonchev–Trinajstić information content (AvgIpc) is 2.08. The van der Waals surface area contributed by atoms with E-state index < -0.39 is 0 Å². The number of hydrogen-bond acceptors (Lipinski definition) is 3. The summed E-state index contributed by atoms with van der Waals surface area (Å²) in [6.07, 6.45) is 0. The van der Waals surface area contributed by atoms with Crippen molar-refractivity contribution in [2.75, 3.05) is 13.2 Å². The summed E-state index contributed by atoms with van der Waals surface area (Å²) in [5.74, 6) is 0.828. The molecule has 0 bridgehead atoms. The van der Waals surface area contributed by atoms with E-state index in [4.69, 9.17) is 9.84 Å². The molecule has 0 fully saturated rings. The van der Waals surface area contributed by atoms with Gasteiger partial charge in [0.15, 0.2) is 0 Å². The van der Waals surface area contributed by atoms with Crippen molar-refractivity contribution in [3.63, 3.8) is 0 Å². The lowest BCUT2D eigenvalue weighted by molar-refractivity contribution is 0.200. The maximum Gasteiger partial charge on any atom is 0.126 e. The van der Waals surface area contributed by atoms with Crippen LogP contribution in [0.4, 0.5) is 0 Å². The molecule has 1 aromatic carbocycles. The fourth-order valence-electron chi connectivity index (χ4n) is 0.915. The summed E-state index contributed by atoms with van der Waals surface area (Å²) >= 11 is 0. The number of ether oxygens (including phenoxy) is 1. The Labute approximate surface area is 71.2 Å². The molecular weight excluding hydrogens is 156 g/mol. The van der Waals surface area contributed by atoms with E-state index in [1.807, 2.05) is 0 Å². The molecule has 0 aliphatic heterocycles. The van der Waals surface area contributed by atoms with Crippen LogP contribution >= 0.6 is 0 Å². The molecule has 0 heterocycles. The molecule has 3 heteroatoms. The molecule has 0 aliphatic carbocycles. The van der Waals surface area contributed by atoms with Gasteiger partial charge < -0.3 is 14.9 Å². The zero-order valence-corrected chi connectivity index (χ0v) is 6.95. The fourth-order valence-corrected chi connectivity index (χ4v) is 0.915. The minimum atomic E-state index is -0.0188. The lowest BCUT2D eigenvalue weighted by Gasteiger charge is -2.07. The highest BCUT2D eigenvalue weighted by molar-refractivity contribution is 5.42. The molecule has 0 saturated heterocycles. The molecule has 0 unspecified atom stereocenters. The second-order valence-corrected chi connectivity index (χ2v) is 2.47. The number of hydrogen-bond donors (Lipinski definition) is 2. The van der Waals surface area contributed by atoms with E-state index in [1.165, 1.54) is 0 Å². The lowest BCUT2D eigenvalue weighted by atomic mass is 10.2. The van der Waals surface area contributed by atoms with Crippen LogP contribution in [-0.4, -0.2) is 23.4 Å². The van der Waals surface area contributed by atoms with Crippen LogP contribution in [0.5, 0.6) is 11.5 Å². The summed E-state index contributed by atoms with van der Waals surface area (Å²) in [4.78, 5) is 0. The highest BCUT2D eigenvalue weighted by Gasteiger charge is 2.01. The van der Waals surface area contributed by atoms with Gasteiger partial charge in [0.1, 0.15) is 18.1 Å². The topological polar surface area (TPSA) is 49.7 Å². The molecule has 0 saturated carbocycles. The van der Waals surface area contributed by atoms with Crippen LogP contribution < -0.4 is 4.74 Å². The molecule has 12 heavy (non-hydrogen) atoms. The summed E-state index contributed by atoms with van der Waals surface area (Å²) in [5, 5.41) is 17.8. The second kappa shape index (κ2) is 3.97. The van der Waals surface area contributed by atoms with E-state index in [2.05, 4.69) is 0 Å². The quantitative estimate of drug-likeness (QED) is 0.709. The largest absolute Gasteiger partial charge is 0.508 e. The predicted octanol–water partition coefficient (Wildman–Crippen LogP) is 1.07. The fraction of sp³-hybridized carbons (Fsp3) is 0.333. The van der Waals surface area contributed by atoms with Gasteiger partial charge in [0.2, 0.25) is 0 Å². The van der Waals surface area contributed by atoms with Crippen molar-refractivity contribution in [3.05, 3.63) is 23.8 Å². The van der Waals surface area contributed by atoms with Crippen molar-refractivity contribution in [1.29, 1.82) is 0 Å². The third-order valence-electron chi connectivity index (χ3n) is 1.60. The Morgan fingerprint density at radius 3 is 2.83 bits per heavy atom. The number of phenols is 1. The van der Waals surface area contributed by atoms with Gasteiger partial charge in [-0.3, -0.25) is 0 Å². The third-order valence-corrected chi connectivity index (χ3v) is 1.60. The molecule has 1 aromatic rings. The number of aliphatic hydroxyl groups excluding tert-OH is 1. The van der Waals surface area contributed by atoms with Crippen molar-refractivity contribution in [3.8, 4) is 11.5 Å². The van der Waals surface area contributed by atoms with Crippen LogP contribution in [0.15, 0.2) is 18.2 Å². The molecule has 66 valence electrons. The molecule has 0 amide bonds. The standard InChI is InChI=1S/C9H12O3/c1-7-8(11)3-2-4-9(7)12-6-5-10/h2-4,10-11H,5-6H2,1H3. The van der Waals surface area contributed by atoms with Gasteiger partial charge in [-0.15, -0.1) is 0 Å². The van der Waals surface area contributed by atoms with Gasteiger partial charge in [0.05, 0.1) is 6.61 Å². The van der Waals surface area contributed by atoms with Gasteiger partial charge in [0.25, 0.3) is 0 Å². The SMILES string of the molecule is Cc1c(O)cccc1OCCO. The lowest BCUT2D eigenvalue weighted by Crippen LogP contribution is -2.02. The molecule has 0 spiro atoms. The van der Waals surface area contributed by atoms with E-state index in [0.29, 0.717) is 11.3 Å². The maximum absolute atomic E-state index is 9.26. The molecule has 0 atom stereocenters. The molecule has 0 radical (unpaired) electrons. The highest BCUT2D eigenvalue weighted by Crippen LogP contribution is 2.25. The van der Waals surface area contributed by atoms with Crippen molar-refractivity contribution in [1.82, 2.24) is 0 Å². The highest BCUT2D eigenvalue weighted by atomic mass is 16.5. The summed E-state index contributed by atoms with van der Waals surface area (Å²) < 4.78 is 5.16. The van der Waals surface area contributed by atoms with Crippen LogP contribution in [0.3, 0.4) is 0 Å². The van der Waals surface area contributed by atoms with Crippen LogP contribution in [0, 0.1) is 6.92 Å². The van der Waals surface area contributed by atoms with E-state index >= 15 is 0 Å². The predicted molar refractivity (Wildman–Crippen MR) is 45.4 cm³/mol. The molecular formula is C9H12O3. The van der Waals surface area contributed by atoms with E-state index in [0.717, 1.165) is 0 Å². The Kier molecular flexibility index (Phi) is 2.94. The molecule has 3 nitrogen and oxygen atoms in total. The zero-order chi connectivity index (χ0) is 8.97. The van der Waals surface area contributed by atoms with Crippen molar-refractivity contribution in [2.24, 2.45) is 0 Å². The van der Waals surface area contributed by atoms with Crippen molar-refractivity contribution >= 4 is 0 Å². The Morgan fingerprint density at radius 2 is 2.17 bits per heavy atom. The first-order chi connectivity index (χ1) is 5.75. The van der Waals surface area contributed by atoms with Gasteiger partial charge >= 0.3 is 0 Å².